The number of carbonyl (C=O) groups excluding carboxylic acids is 1. The third-order valence-corrected chi connectivity index (χ3v) is 5.10. The highest BCUT2D eigenvalue weighted by molar-refractivity contribution is 6.30. The fourth-order valence-electron chi connectivity index (χ4n) is 3.54. The molecule has 1 unspecified atom stereocenters. The number of rotatable bonds is 8. The topological polar surface area (TPSA) is 61.8 Å². The molecule has 0 radical (unpaired) electrons. The van der Waals surface area contributed by atoms with Crippen molar-refractivity contribution in [2.45, 2.75) is 25.9 Å². The zero-order valence-electron chi connectivity index (χ0n) is 16.6. The fourth-order valence-corrected chi connectivity index (χ4v) is 3.70. The van der Waals surface area contributed by atoms with Crippen molar-refractivity contribution < 1.29 is 14.6 Å². The van der Waals surface area contributed by atoms with Crippen molar-refractivity contribution in [3.8, 4) is 0 Å². The van der Waals surface area contributed by atoms with Crippen molar-refractivity contribution in [1.82, 2.24) is 5.32 Å². The number of carbonyl (C=O) groups is 1. The molecular weight excluding hydrogens is 388 g/mol. The first kappa shape index (κ1) is 21.4. The van der Waals surface area contributed by atoms with Crippen molar-refractivity contribution >= 4 is 28.9 Å². The predicted molar refractivity (Wildman–Crippen MR) is 117 cm³/mol. The number of nitrogens with one attached hydrogen (secondary N) is 1. The van der Waals surface area contributed by atoms with E-state index in [4.69, 9.17) is 16.3 Å². The normalized spacial score (nSPS) is 14.2. The number of benzene rings is 2. The summed E-state index contributed by atoms with van der Waals surface area (Å²) in [4.78, 5) is 13.4. The van der Waals surface area contributed by atoms with Crippen LogP contribution in [0.15, 0.2) is 54.6 Å². The number of hydrogen-bond acceptors (Lipinski definition) is 5. The molecule has 1 aliphatic rings. The van der Waals surface area contributed by atoms with Crippen LogP contribution >= 0.6 is 11.6 Å². The molecule has 2 aromatic rings. The van der Waals surface area contributed by atoms with E-state index in [2.05, 4.69) is 28.4 Å². The zero-order valence-corrected chi connectivity index (χ0v) is 17.4. The summed E-state index contributed by atoms with van der Waals surface area (Å²) in [5.41, 5.74) is 4.64. The minimum Gasteiger partial charge on any atom is -0.463 e. The summed E-state index contributed by atoms with van der Waals surface area (Å²) in [7, 11) is 0. The second-order valence-electron chi connectivity index (χ2n) is 6.98. The monoisotopic (exact) mass is 414 g/mol. The molecule has 154 valence electrons. The maximum absolute atomic E-state index is 11.3. The average Bonchev–Trinajstić information content (AvgIpc) is 2.85. The lowest BCUT2D eigenvalue weighted by Crippen LogP contribution is -2.36. The third kappa shape index (κ3) is 5.82. The van der Waals surface area contributed by atoms with Gasteiger partial charge in [0, 0.05) is 35.6 Å². The predicted octanol–water partition coefficient (Wildman–Crippen LogP) is 3.65. The number of aliphatic hydroxyl groups excluding tert-OH is 1. The first-order chi connectivity index (χ1) is 14.1. The molecule has 1 aliphatic heterocycles. The Bertz CT molecular complexity index is 869. The van der Waals surface area contributed by atoms with Crippen LogP contribution in [0.25, 0.3) is 0 Å². The molecule has 0 amide bonds. The molecule has 0 fully saturated rings. The van der Waals surface area contributed by atoms with Gasteiger partial charge in [-0.3, -0.25) is 0 Å². The molecule has 0 spiro atoms. The van der Waals surface area contributed by atoms with Crippen LogP contribution in [0.4, 0.5) is 11.4 Å². The standard InChI is InChI=1S/C23H27ClN2O3/c1-2-29-23(28)8-5-13-25-15-20(27)16-26-21-7-4-3-6-17(21)9-10-18-11-12-19(24)14-22(18)26/h3-8,11-12,14,20,25,27H,2,9-10,13,15-16H2,1H3/b8-5+. The lowest BCUT2D eigenvalue weighted by atomic mass is 10.0. The van der Waals surface area contributed by atoms with Gasteiger partial charge in [0.2, 0.25) is 0 Å². The SMILES string of the molecule is CCOC(=O)/C=C/CNCC(O)CN1c2ccccc2CCc2ccc(Cl)cc21. The maximum Gasteiger partial charge on any atom is 0.330 e. The number of halogens is 1. The summed E-state index contributed by atoms with van der Waals surface area (Å²) >= 11 is 6.28. The van der Waals surface area contributed by atoms with E-state index in [1.807, 2.05) is 24.3 Å². The summed E-state index contributed by atoms with van der Waals surface area (Å²) in [6.07, 6.45) is 4.39. The van der Waals surface area contributed by atoms with E-state index in [0.717, 1.165) is 24.2 Å². The van der Waals surface area contributed by atoms with Crippen LogP contribution in [0.1, 0.15) is 18.1 Å². The largest absolute Gasteiger partial charge is 0.463 e. The Morgan fingerprint density at radius 1 is 1.24 bits per heavy atom. The smallest absolute Gasteiger partial charge is 0.330 e. The zero-order chi connectivity index (χ0) is 20.6. The Morgan fingerprint density at radius 3 is 2.79 bits per heavy atom. The van der Waals surface area contributed by atoms with E-state index >= 15 is 0 Å². The lowest BCUT2D eigenvalue weighted by molar-refractivity contribution is -0.137. The quantitative estimate of drug-likeness (QED) is 0.392. The molecule has 0 saturated heterocycles. The van der Waals surface area contributed by atoms with E-state index in [0.29, 0.717) is 31.3 Å². The van der Waals surface area contributed by atoms with Gasteiger partial charge in [-0.1, -0.05) is 41.9 Å². The molecule has 2 N–H and O–H groups in total. The van der Waals surface area contributed by atoms with Crippen molar-refractivity contribution in [1.29, 1.82) is 0 Å². The Hall–Kier alpha value is -2.34. The molecule has 0 saturated carbocycles. The van der Waals surface area contributed by atoms with Gasteiger partial charge in [-0.25, -0.2) is 4.79 Å². The van der Waals surface area contributed by atoms with Gasteiger partial charge < -0.3 is 20.1 Å². The molecule has 1 atom stereocenters. The lowest BCUT2D eigenvalue weighted by Gasteiger charge is -2.29. The second-order valence-corrected chi connectivity index (χ2v) is 7.42. The molecule has 0 bridgehead atoms. The van der Waals surface area contributed by atoms with Gasteiger partial charge >= 0.3 is 5.97 Å². The van der Waals surface area contributed by atoms with Gasteiger partial charge in [-0.05, 0) is 49.1 Å². The van der Waals surface area contributed by atoms with E-state index in [1.165, 1.54) is 17.2 Å². The van der Waals surface area contributed by atoms with Gasteiger partial charge in [-0.2, -0.15) is 0 Å². The van der Waals surface area contributed by atoms with Crippen molar-refractivity contribution in [2.75, 3.05) is 31.1 Å². The van der Waals surface area contributed by atoms with Crippen LogP contribution in [0.5, 0.6) is 0 Å². The van der Waals surface area contributed by atoms with Gasteiger partial charge in [0.1, 0.15) is 0 Å². The Morgan fingerprint density at radius 2 is 2.00 bits per heavy atom. The molecule has 3 rings (SSSR count). The number of aliphatic hydroxyl groups is 1. The Labute approximate surface area is 176 Å². The van der Waals surface area contributed by atoms with E-state index in [9.17, 15) is 9.90 Å². The van der Waals surface area contributed by atoms with Crippen molar-refractivity contribution in [2.24, 2.45) is 0 Å². The minimum atomic E-state index is -0.594. The molecule has 6 heteroatoms. The number of anilines is 2. The number of ether oxygens (including phenoxy) is 1. The van der Waals surface area contributed by atoms with Crippen LogP contribution in [0.3, 0.4) is 0 Å². The summed E-state index contributed by atoms with van der Waals surface area (Å²) in [5, 5.41) is 14.5. The minimum absolute atomic E-state index is 0.357. The summed E-state index contributed by atoms with van der Waals surface area (Å²) in [6, 6.07) is 14.3. The van der Waals surface area contributed by atoms with Crippen molar-refractivity contribution in [3.63, 3.8) is 0 Å². The Balaban J connectivity index is 1.68. The average molecular weight is 415 g/mol. The van der Waals surface area contributed by atoms with E-state index < -0.39 is 6.10 Å². The highest BCUT2D eigenvalue weighted by Gasteiger charge is 2.22. The molecule has 1 heterocycles. The summed E-state index contributed by atoms with van der Waals surface area (Å²) < 4.78 is 4.84. The number of esters is 1. The van der Waals surface area contributed by atoms with Crippen LogP contribution in [0, 0.1) is 0 Å². The number of nitrogens with zero attached hydrogens (tertiary/aromatic N) is 1. The number of aryl methyl sites for hydroxylation is 2. The molecule has 2 aromatic carbocycles. The number of fused-ring (bicyclic) bond motifs is 2. The summed E-state index contributed by atoms with van der Waals surface area (Å²) in [6.45, 7) is 3.46. The molecular formula is C23H27ClN2O3. The molecule has 0 aliphatic carbocycles. The van der Waals surface area contributed by atoms with Gasteiger partial charge in [0.15, 0.2) is 0 Å². The maximum atomic E-state index is 11.3. The molecule has 5 nitrogen and oxygen atoms in total. The van der Waals surface area contributed by atoms with Crippen molar-refractivity contribution in [3.05, 3.63) is 70.8 Å². The summed E-state index contributed by atoms with van der Waals surface area (Å²) in [5.74, 6) is -0.357. The van der Waals surface area contributed by atoms with Gasteiger partial charge in [0.25, 0.3) is 0 Å². The van der Waals surface area contributed by atoms with E-state index in [-0.39, 0.29) is 5.97 Å². The number of β-amino-alcohol motifs (C(OH)–C–C–N with tert-alkyl or cyclic N) is 1. The number of hydrogen-bond donors (Lipinski definition) is 2. The van der Waals surface area contributed by atoms with Crippen LogP contribution < -0.4 is 10.2 Å². The van der Waals surface area contributed by atoms with Crippen LogP contribution in [-0.4, -0.2) is 43.4 Å². The highest BCUT2D eigenvalue weighted by Crippen LogP contribution is 2.37. The Kier molecular flexibility index (Phi) is 7.69. The van der Waals surface area contributed by atoms with Crippen LogP contribution in [0.2, 0.25) is 5.02 Å². The second kappa shape index (κ2) is 10.4. The molecule has 0 aromatic heterocycles. The fraction of sp³-hybridized carbons (Fsp3) is 0.348. The highest BCUT2D eigenvalue weighted by atomic mass is 35.5. The third-order valence-electron chi connectivity index (χ3n) is 4.86. The molecule has 29 heavy (non-hydrogen) atoms. The first-order valence-electron chi connectivity index (χ1n) is 9.94. The number of para-hydroxylation sites is 1. The van der Waals surface area contributed by atoms with E-state index in [1.54, 1.807) is 13.0 Å². The first-order valence-corrected chi connectivity index (χ1v) is 10.3. The van der Waals surface area contributed by atoms with Crippen LogP contribution in [-0.2, 0) is 22.4 Å². The van der Waals surface area contributed by atoms with Gasteiger partial charge in [0.05, 0.1) is 19.3 Å². The van der Waals surface area contributed by atoms with Gasteiger partial charge in [-0.15, -0.1) is 0 Å².